The van der Waals surface area contributed by atoms with Gasteiger partial charge in [0.05, 0.1) is 6.54 Å². The van der Waals surface area contributed by atoms with E-state index in [0.717, 1.165) is 11.1 Å². The number of nitrogens with zero attached hydrogens (tertiary/aromatic N) is 5. The van der Waals surface area contributed by atoms with Crippen molar-refractivity contribution in [2.24, 2.45) is 0 Å². The number of anilines is 1. The summed E-state index contributed by atoms with van der Waals surface area (Å²) in [7, 11) is 0. The highest BCUT2D eigenvalue weighted by molar-refractivity contribution is 6.30. The zero-order valence-corrected chi connectivity index (χ0v) is 16.3. The summed E-state index contributed by atoms with van der Waals surface area (Å²) in [4.78, 5) is 29.3. The van der Waals surface area contributed by atoms with Crippen LogP contribution in [0.2, 0.25) is 5.02 Å². The van der Waals surface area contributed by atoms with Crippen molar-refractivity contribution in [2.45, 2.75) is 20.0 Å². The van der Waals surface area contributed by atoms with E-state index in [4.69, 9.17) is 11.6 Å². The minimum Gasteiger partial charge on any atom is -0.325 e. The van der Waals surface area contributed by atoms with Crippen molar-refractivity contribution in [3.8, 4) is 0 Å². The lowest BCUT2D eigenvalue weighted by Gasteiger charge is -2.08. The van der Waals surface area contributed by atoms with Crippen LogP contribution in [-0.2, 0) is 17.9 Å². The Bertz CT molecular complexity index is 1250. The van der Waals surface area contributed by atoms with Crippen molar-refractivity contribution in [3.05, 3.63) is 81.4 Å². The van der Waals surface area contributed by atoms with E-state index < -0.39 is 5.56 Å². The van der Waals surface area contributed by atoms with Crippen molar-refractivity contribution in [3.63, 3.8) is 0 Å². The maximum atomic E-state index is 12.7. The molecular weight excluding hydrogens is 392 g/mol. The molecule has 8 nitrogen and oxygen atoms in total. The Kier molecular flexibility index (Phi) is 5.09. The van der Waals surface area contributed by atoms with Gasteiger partial charge in [-0.3, -0.25) is 14.2 Å². The molecule has 4 rings (SSSR count). The van der Waals surface area contributed by atoms with Gasteiger partial charge < -0.3 is 5.32 Å². The van der Waals surface area contributed by atoms with E-state index in [-0.39, 0.29) is 18.0 Å². The van der Waals surface area contributed by atoms with E-state index in [0.29, 0.717) is 22.9 Å². The number of hydrogen-bond acceptors (Lipinski definition) is 5. The number of halogens is 1. The normalized spacial score (nSPS) is 11.0. The van der Waals surface area contributed by atoms with Crippen molar-refractivity contribution < 1.29 is 4.79 Å². The first-order chi connectivity index (χ1) is 14.0. The zero-order valence-electron chi connectivity index (χ0n) is 15.5. The van der Waals surface area contributed by atoms with Crippen LogP contribution >= 0.6 is 11.6 Å². The van der Waals surface area contributed by atoms with Crippen molar-refractivity contribution in [2.75, 3.05) is 5.32 Å². The molecule has 146 valence electrons. The number of carbonyl (C=O) groups is 1. The van der Waals surface area contributed by atoms with E-state index in [2.05, 4.69) is 20.6 Å². The summed E-state index contributed by atoms with van der Waals surface area (Å²) in [6, 6.07) is 14.6. The number of fused-ring (bicyclic) bond motifs is 1. The van der Waals surface area contributed by atoms with E-state index in [1.807, 2.05) is 31.2 Å². The van der Waals surface area contributed by atoms with Gasteiger partial charge >= 0.3 is 0 Å². The Morgan fingerprint density at radius 2 is 1.90 bits per heavy atom. The molecule has 0 aliphatic carbocycles. The molecule has 2 aromatic carbocycles. The van der Waals surface area contributed by atoms with Crippen LogP contribution in [0, 0.1) is 6.92 Å². The third kappa shape index (κ3) is 4.02. The molecule has 0 radical (unpaired) electrons. The second-order valence-corrected chi connectivity index (χ2v) is 7.01. The van der Waals surface area contributed by atoms with Crippen LogP contribution in [0.15, 0.2) is 59.7 Å². The van der Waals surface area contributed by atoms with Gasteiger partial charge in [0.15, 0.2) is 11.2 Å². The van der Waals surface area contributed by atoms with Crippen LogP contribution < -0.4 is 10.9 Å². The largest absolute Gasteiger partial charge is 0.325 e. The number of amides is 1. The molecule has 0 saturated heterocycles. The molecule has 2 aromatic heterocycles. The number of benzene rings is 2. The summed E-state index contributed by atoms with van der Waals surface area (Å²) in [5.41, 5.74) is 2.85. The highest BCUT2D eigenvalue weighted by atomic mass is 35.5. The van der Waals surface area contributed by atoms with Gasteiger partial charge in [0, 0.05) is 10.7 Å². The summed E-state index contributed by atoms with van der Waals surface area (Å²) in [6.07, 6.45) is 1.34. The smallest absolute Gasteiger partial charge is 0.283 e. The Morgan fingerprint density at radius 3 is 2.66 bits per heavy atom. The first kappa shape index (κ1) is 18.8. The van der Waals surface area contributed by atoms with Gasteiger partial charge in [0.2, 0.25) is 5.91 Å². The first-order valence-electron chi connectivity index (χ1n) is 8.90. The van der Waals surface area contributed by atoms with Crippen molar-refractivity contribution in [1.29, 1.82) is 0 Å². The quantitative estimate of drug-likeness (QED) is 0.547. The number of hydrogen-bond donors (Lipinski definition) is 1. The van der Waals surface area contributed by atoms with Crippen LogP contribution in [0.25, 0.3) is 11.2 Å². The third-order valence-electron chi connectivity index (χ3n) is 4.52. The van der Waals surface area contributed by atoms with Gasteiger partial charge in [-0.15, -0.1) is 5.10 Å². The lowest BCUT2D eigenvalue weighted by Crippen LogP contribution is -2.28. The molecule has 0 unspecified atom stereocenters. The molecule has 0 spiro atoms. The molecule has 0 saturated carbocycles. The van der Waals surface area contributed by atoms with Crippen LogP contribution in [0.1, 0.15) is 11.1 Å². The van der Waals surface area contributed by atoms with E-state index in [9.17, 15) is 9.59 Å². The van der Waals surface area contributed by atoms with Crippen LogP contribution in [-0.4, -0.2) is 30.5 Å². The molecule has 0 atom stereocenters. The number of carbonyl (C=O) groups excluding carboxylic acids is 1. The van der Waals surface area contributed by atoms with E-state index in [1.165, 1.54) is 10.9 Å². The minimum atomic E-state index is -0.419. The van der Waals surface area contributed by atoms with E-state index >= 15 is 0 Å². The van der Waals surface area contributed by atoms with Crippen LogP contribution in [0.4, 0.5) is 5.69 Å². The monoisotopic (exact) mass is 408 g/mol. The van der Waals surface area contributed by atoms with Gasteiger partial charge in [-0.05, 0) is 42.3 Å². The number of aromatic nitrogens is 5. The highest BCUT2D eigenvalue weighted by Crippen LogP contribution is 2.14. The van der Waals surface area contributed by atoms with Gasteiger partial charge in [0.25, 0.3) is 5.56 Å². The molecule has 1 amide bonds. The lowest BCUT2D eigenvalue weighted by atomic mass is 10.1. The molecule has 2 heterocycles. The molecule has 0 aliphatic heterocycles. The lowest BCUT2D eigenvalue weighted by molar-refractivity contribution is -0.116. The van der Waals surface area contributed by atoms with Crippen LogP contribution in [0.5, 0.6) is 0 Å². The fourth-order valence-electron chi connectivity index (χ4n) is 2.94. The third-order valence-corrected chi connectivity index (χ3v) is 4.77. The van der Waals surface area contributed by atoms with Crippen molar-refractivity contribution >= 4 is 34.4 Å². The molecule has 4 aromatic rings. The van der Waals surface area contributed by atoms with Crippen LogP contribution in [0.3, 0.4) is 0 Å². The topological polar surface area (TPSA) is 94.7 Å². The van der Waals surface area contributed by atoms with Gasteiger partial charge in [-0.2, -0.15) is 0 Å². The average molecular weight is 409 g/mol. The second-order valence-electron chi connectivity index (χ2n) is 6.58. The fourth-order valence-corrected chi connectivity index (χ4v) is 3.07. The number of nitrogens with one attached hydrogen (secondary N) is 1. The standard InChI is InChI=1S/C20H17ClN6O2/c1-13-4-2-3-5-14(13)10-27-19-18(24-25-27)20(29)26(12-22-19)11-17(28)23-16-8-6-15(21)7-9-16/h2-9,12H,10-11H2,1H3,(H,23,28). The SMILES string of the molecule is Cc1ccccc1Cn1nnc2c(=O)n(CC(=O)Nc3ccc(Cl)cc3)cnc21. The summed E-state index contributed by atoms with van der Waals surface area (Å²) in [5, 5.41) is 11.3. The number of aryl methyl sites for hydroxylation is 1. The van der Waals surface area contributed by atoms with Gasteiger partial charge in [-0.1, -0.05) is 41.1 Å². The Balaban J connectivity index is 1.55. The van der Waals surface area contributed by atoms with Gasteiger partial charge in [0.1, 0.15) is 12.9 Å². The number of rotatable bonds is 5. The second kappa shape index (κ2) is 7.84. The average Bonchev–Trinajstić information content (AvgIpc) is 3.11. The summed E-state index contributed by atoms with van der Waals surface area (Å²) in [5.74, 6) is -0.358. The fraction of sp³-hybridized carbons (Fsp3) is 0.150. The minimum absolute atomic E-state index is 0.125. The van der Waals surface area contributed by atoms with E-state index in [1.54, 1.807) is 28.9 Å². The Labute approximate surface area is 170 Å². The van der Waals surface area contributed by atoms with Gasteiger partial charge in [-0.25, -0.2) is 9.67 Å². The Hall–Kier alpha value is -3.52. The highest BCUT2D eigenvalue weighted by Gasteiger charge is 2.14. The van der Waals surface area contributed by atoms with Crippen molar-refractivity contribution in [1.82, 2.24) is 24.5 Å². The summed E-state index contributed by atoms with van der Waals surface area (Å²) in [6.45, 7) is 2.28. The first-order valence-corrected chi connectivity index (χ1v) is 9.27. The molecule has 0 fully saturated rings. The Morgan fingerprint density at radius 1 is 1.14 bits per heavy atom. The molecule has 0 bridgehead atoms. The molecular formula is C20H17ClN6O2. The predicted octanol–water partition coefficient (Wildman–Crippen LogP) is 2.64. The molecule has 0 aliphatic rings. The zero-order chi connectivity index (χ0) is 20.4. The predicted molar refractivity (Wildman–Crippen MR) is 110 cm³/mol. The maximum Gasteiger partial charge on any atom is 0.283 e. The maximum absolute atomic E-state index is 12.7. The molecule has 9 heteroatoms. The summed E-state index contributed by atoms with van der Waals surface area (Å²) >= 11 is 5.83. The molecule has 1 N–H and O–H groups in total. The summed E-state index contributed by atoms with van der Waals surface area (Å²) < 4.78 is 2.79. The molecule has 29 heavy (non-hydrogen) atoms.